The molecule has 1 nitrogen and oxygen atoms in total. The number of para-hydroxylation sites is 1. The summed E-state index contributed by atoms with van der Waals surface area (Å²) in [6, 6.07) is 31.0. The maximum absolute atomic E-state index is 6.11. The van der Waals surface area contributed by atoms with Crippen LogP contribution in [-0.2, 0) is 9.20 Å². The first-order valence-electron chi connectivity index (χ1n) is 7.92. The van der Waals surface area contributed by atoms with Gasteiger partial charge in [-0.2, -0.15) is 0 Å². The molecule has 0 aliphatic carbocycles. The number of halogens is 4. The topological polar surface area (TPSA) is 11.3 Å². The average molecular weight is 481 g/mol. The third-order valence-corrected chi connectivity index (χ3v) is 3.82. The van der Waals surface area contributed by atoms with Crippen molar-refractivity contribution < 1.29 is 13.6 Å². The van der Waals surface area contributed by atoms with Crippen LogP contribution in [0, 0.1) is 0 Å². The Kier molecular flexibility index (Phi) is 7.05. The van der Waals surface area contributed by atoms with Crippen LogP contribution in [0.1, 0.15) is 0 Å². The van der Waals surface area contributed by atoms with Crippen molar-refractivity contribution in [3.8, 4) is 22.5 Å². The first kappa shape index (κ1) is 20.5. The molecule has 140 valence electrons. The van der Waals surface area contributed by atoms with Crippen LogP contribution in [0.4, 0.5) is 0 Å². The summed E-state index contributed by atoms with van der Waals surface area (Å²) in [4.78, 5) is 0. The molecule has 0 N–H and O–H groups in total. The maximum atomic E-state index is 6.11. The van der Waals surface area contributed by atoms with Gasteiger partial charge in [0.15, 0.2) is 0 Å². The van der Waals surface area contributed by atoms with E-state index >= 15 is 0 Å². The molecular formula is C21H15Cl4FeO+. The van der Waals surface area contributed by atoms with Gasteiger partial charge in [0, 0.05) is 11.6 Å². The molecule has 0 fully saturated rings. The summed E-state index contributed by atoms with van der Waals surface area (Å²) in [6.07, 6.45) is 0. The third-order valence-electron chi connectivity index (χ3n) is 3.82. The van der Waals surface area contributed by atoms with Gasteiger partial charge in [0.05, 0.1) is 17.0 Å². The number of benzene rings is 3. The van der Waals surface area contributed by atoms with E-state index in [0.717, 1.165) is 22.3 Å². The van der Waals surface area contributed by atoms with Crippen LogP contribution in [0.5, 0.6) is 0 Å². The van der Waals surface area contributed by atoms with Crippen LogP contribution in [-0.4, -0.2) is 0 Å². The van der Waals surface area contributed by atoms with E-state index < -0.39 is 9.20 Å². The molecule has 3 aromatic carbocycles. The second-order valence-electron chi connectivity index (χ2n) is 5.56. The zero-order chi connectivity index (χ0) is 19.3. The minimum absolute atomic E-state index is 0.887. The Morgan fingerprint density at radius 1 is 0.593 bits per heavy atom. The van der Waals surface area contributed by atoms with E-state index in [2.05, 4.69) is 48.5 Å². The van der Waals surface area contributed by atoms with Crippen molar-refractivity contribution in [1.82, 2.24) is 0 Å². The van der Waals surface area contributed by atoms with Crippen molar-refractivity contribution in [2.75, 3.05) is 0 Å². The smallest absolute Gasteiger partial charge is 0.207 e. The molecule has 1 heterocycles. The molecule has 0 saturated carbocycles. The predicted octanol–water partition coefficient (Wildman–Crippen LogP) is 8.80. The van der Waals surface area contributed by atoms with E-state index in [-0.39, 0.29) is 0 Å². The van der Waals surface area contributed by atoms with Gasteiger partial charge in [0.2, 0.25) is 0 Å². The van der Waals surface area contributed by atoms with E-state index in [0.29, 0.717) is 0 Å². The van der Waals surface area contributed by atoms with E-state index in [4.69, 9.17) is 44.8 Å². The third kappa shape index (κ3) is 6.12. The monoisotopic (exact) mass is 479 g/mol. The van der Waals surface area contributed by atoms with Crippen molar-refractivity contribution in [2.45, 2.75) is 0 Å². The van der Waals surface area contributed by atoms with Gasteiger partial charge in [-0.25, -0.2) is 4.42 Å². The second kappa shape index (κ2) is 9.30. The zero-order valence-electron chi connectivity index (χ0n) is 13.9. The molecular weight excluding hydrogens is 466 g/mol. The van der Waals surface area contributed by atoms with Crippen molar-refractivity contribution in [3.05, 3.63) is 91.0 Å². The molecule has 4 aromatic rings. The Bertz CT molecular complexity index is 1010. The number of fused-ring (bicyclic) bond motifs is 1. The molecule has 0 amide bonds. The summed E-state index contributed by atoms with van der Waals surface area (Å²) in [7, 11) is 17.2. The van der Waals surface area contributed by atoms with Gasteiger partial charge in [0.25, 0.3) is 0 Å². The first-order chi connectivity index (χ1) is 12.9. The minimum atomic E-state index is -2.61. The minimum Gasteiger partial charge on any atom is -0.207 e. The fourth-order valence-corrected chi connectivity index (χ4v) is 2.74. The van der Waals surface area contributed by atoms with Gasteiger partial charge in [-0.1, -0.05) is 60.7 Å². The zero-order valence-corrected chi connectivity index (χ0v) is 18.1. The SMILES string of the molecule is [Cl][Fe]([Cl])([Cl])[Cl].c1ccc(-c2cc(-c3ccccc3)c3ccccc3[o+]2)cc1. The van der Waals surface area contributed by atoms with Crippen molar-refractivity contribution in [2.24, 2.45) is 0 Å². The molecule has 0 unspecified atom stereocenters. The largest absolute Gasteiger partial charge is 0.361 e. The summed E-state index contributed by atoms with van der Waals surface area (Å²) in [5.74, 6) is 0.887. The molecule has 27 heavy (non-hydrogen) atoms. The van der Waals surface area contributed by atoms with Crippen LogP contribution in [0.25, 0.3) is 33.4 Å². The van der Waals surface area contributed by atoms with E-state index in [1.165, 1.54) is 11.1 Å². The Balaban J connectivity index is 0.000000376. The molecule has 0 saturated heterocycles. The summed E-state index contributed by atoms with van der Waals surface area (Å²) >= 11 is 0. The van der Waals surface area contributed by atoms with Gasteiger partial charge < -0.3 is 0 Å². The molecule has 0 atom stereocenters. The van der Waals surface area contributed by atoms with Gasteiger partial charge in [-0.3, -0.25) is 0 Å². The molecule has 1 aromatic heterocycles. The predicted molar refractivity (Wildman–Crippen MR) is 115 cm³/mol. The summed E-state index contributed by atoms with van der Waals surface area (Å²) in [5.41, 5.74) is 4.39. The van der Waals surface area contributed by atoms with Gasteiger partial charge in [-0.05, 0) is 23.8 Å². The summed E-state index contributed by atoms with van der Waals surface area (Å²) < 4.78 is 6.11. The molecule has 0 radical (unpaired) electrons. The van der Waals surface area contributed by atoms with E-state index in [1.54, 1.807) is 0 Å². The number of hydrogen-bond acceptors (Lipinski definition) is 0. The maximum Gasteiger partial charge on any atom is 0.361 e. The quantitative estimate of drug-likeness (QED) is 0.206. The Morgan fingerprint density at radius 2 is 1.07 bits per heavy atom. The second-order valence-corrected chi connectivity index (χ2v) is 16.5. The van der Waals surface area contributed by atoms with Crippen molar-refractivity contribution in [1.29, 1.82) is 0 Å². The molecule has 6 heteroatoms. The average Bonchev–Trinajstić information content (AvgIpc) is 2.67. The van der Waals surface area contributed by atoms with E-state index in [1.807, 2.05) is 42.5 Å². The summed E-state index contributed by atoms with van der Waals surface area (Å²) in [5, 5.41) is 1.13. The molecule has 0 aliphatic rings. The van der Waals surface area contributed by atoms with E-state index in [9.17, 15) is 0 Å². The van der Waals surface area contributed by atoms with Crippen molar-refractivity contribution in [3.63, 3.8) is 0 Å². The Labute approximate surface area is 177 Å². The van der Waals surface area contributed by atoms with Crippen LogP contribution >= 0.6 is 40.4 Å². The van der Waals surface area contributed by atoms with Crippen LogP contribution < -0.4 is 0 Å². The molecule has 0 aliphatic heterocycles. The fourth-order valence-electron chi connectivity index (χ4n) is 2.74. The van der Waals surface area contributed by atoms with Crippen LogP contribution in [0.2, 0.25) is 0 Å². The van der Waals surface area contributed by atoms with Crippen LogP contribution in [0.3, 0.4) is 0 Å². The van der Waals surface area contributed by atoms with Gasteiger partial charge in [0.1, 0.15) is 0 Å². The normalized spacial score (nSPS) is 11.6. The molecule has 0 spiro atoms. The standard InChI is InChI=1S/C21H15O.4ClH.Fe/c1-3-9-16(10-4-1)19-15-21(17-11-5-2-6-12-17)22-20-14-8-7-13-18(19)20;;;;;/h1-15H;4*1H;/q+1;;;;;+4/p-4. The summed E-state index contributed by atoms with van der Waals surface area (Å²) in [6.45, 7) is 0. The number of rotatable bonds is 2. The first-order valence-corrected chi connectivity index (χ1v) is 14.0. The Morgan fingerprint density at radius 3 is 1.67 bits per heavy atom. The Hall–Kier alpha value is -1.25. The van der Waals surface area contributed by atoms with Gasteiger partial charge in [-0.15, -0.1) is 0 Å². The van der Waals surface area contributed by atoms with Crippen molar-refractivity contribution >= 4 is 51.4 Å². The molecule has 0 bridgehead atoms. The molecule has 4 rings (SSSR count). The fraction of sp³-hybridized carbons (Fsp3) is 0. The van der Waals surface area contributed by atoms with Crippen LogP contribution in [0.15, 0.2) is 95.4 Å². The van der Waals surface area contributed by atoms with Gasteiger partial charge >= 0.3 is 60.9 Å². The number of hydrogen-bond donors (Lipinski definition) is 0.